The Bertz CT molecular complexity index is 374. The molecule has 1 nitrogen and oxygen atoms in total. The maximum Gasteiger partial charge on any atom is 0.148 e. The van der Waals surface area contributed by atoms with Gasteiger partial charge in [0, 0.05) is 0 Å². The fraction of sp³-hybridized carbons (Fsp3) is 0.167. The molecule has 0 aromatic heterocycles. The van der Waals surface area contributed by atoms with Crippen LogP contribution in [-0.2, 0) is 0 Å². The monoisotopic (exact) mass is 170 g/mol. The summed E-state index contributed by atoms with van der Waals surface area (Å²) in [4.78, 5) is 0. The lowest BCUT2D eigenvalue weighted by atomic mass is 10.2. The van der Waals surface area contributed by atoms with Gasteiger partial charge < -0.3 is 4.74 Å². The lowest BCUT2D eigenvalue weighted by molar-refractivity contribution is 0.369. The van der Waals surface area contributed by atoms with Gasteiger partial charge in [0.05, 0.1) is 5.56 Å². The maximum atomic E-state index is 5.30. The van der Waals surface area contributed by atoms with E-state index in [9.17, 15) is 0 Å². The lowest BCUT2D eigenvalue weighted by Crippen LogP contribution is -1.95. The molecule has 0 saturated heterocycles. The highest BCUT2D eigenvalue weighted by Gasteiger charge is 1.97. The van der Waals surface area contributed by atoms with Crippen molar-refractivity contribution in [2.75, 3.05) is 6.61 Å². The van der Waals surface area contributed by atoms with E-state index in [0.717, 1.165) is 11.3 Å². The molecule has 0 heterocycles. The Morgan fingerprint density at radius 2 is 2.15 bits per heavy atom. The molecule has 0 atom stereocenters. The number of terminal acetylenes is 1. The molecule has 0 amide bonds. The molecule has 64 valence electrons. The van der Waals surface area contributed by atoms with Gasteiger partial charge in [-0.2, -0.15) is 0 Å². The minimum Gasteiger partial charge on any atom is -0.480 e. The summed E-state index contributed by atoms with van der Waals surface area (Å²) in [6.07, 6.45) is 5.09. The summed E-state index contributed by atoms with van der Waals surface area (Å²) in [5.41, 5.74) is 0.875. The van der Waals surface area contributed by atoms with E-state index in [4.69, 9.17) is 11.2 Å². The van der Waals surface area contributed by atoms with E-state index in [1.54, 1.807) is 6.92 Å². The summed E-state index contributed by atoms with van der Waals surface area (Å²) < 4.78 is 5.30. The van der Waals surface area contributed by atoms with Gasteiger partial charge in [-0.25, -0.2) is 0 Å². The lowest BCUT2D eigenvalue weighted by Gasteiger charge is -2.03. The number of rotatable bonds is 2. The SMILES string of the molecule is C#CCOc1ccccc1C#CC. The first-order chi connectivity index (χ1) is 6.38. The van der Waals surface area contributed by atoms with Crippen LogP contribution in [0.1, 0.15) is 12.5 Å². The van der Waals surface area contributed by atoms with Crippen LogP contribution in [0.2, 0.25) is 0 Å². The van der Waals surface area contributed by atoms with Crippen LogP contribution in [-0.4, -0.2) is 6.61 Å². The van der Waals surface area contributed by atoms with Gasteiger partial charge in [-0.15, -0.1) is 12.3 Å². The molecule has 1 heteroatoms. The fourth-order valence-electron chi connectivity index (χ4n) is 0.950. The summed E-state index contributed by atoms with van der Waals surface area (Å²) >= 11 is 0. The van der Waals surface area contributed by atoms with Gasteiger partial charge in [0.25, 0.3) is 0 Å². The molecule has 0 aliphatic rings. The highest BCUT2D eigenvalue weighted by molar-refractivity contribution is 5.45. The van der Waals surface area contributed by atoms with Crippen molar-refractivity contribution < 1.29 is 4.74 Å². The number of hydrogen-bond acceptors (Lipinski definition) is 1. The molecule has 0 saturated carbocycles. The van der Waals surface area contributed by atoms with Crippen molar-refractivity contribution in [3.63, 3.8) is 0 Å². The topological polar surface area (TPSA) is 9.23 Å². The van der Waals surface area contributed by atoms with Crippen LogP contribution in [0, 0.1) is 24.2 Å². The van der Waals surface area contributed by atoms with Crippen LogP contribution >= 0.6 is 0 Å². The third kappa shape index (κ3) is 2.58. The minimum absolute atomic E-state index is 0.280. The van der Waals surface area contributed by atoms with E-state index in [2.05, 4.69) is 17.8 Å². The normalized spacial score (nSPS) is 8.00. The molecular formula is C12H10O. The molecule has 0 N–H and O–H groups in total. The zero-order chi connectivity index (χ0) is 9.52. The number of benzene rings is 1. The molecule has 13 heavy (non-hydrogen) atoms. The second-order valence-electron chi connectivity index (χ2n) is 2.36. The van der Waals surface area contributed by atoms with E-state index in [1.165, 1.54) is 0 Å². The zero-order valence-electron chi connectivity index (χ0n) is 7.50. The average Bonchev–Trinajstić information content (AvgIpc) is 2.17. The Labute approximate surface area is 78.7 Å². The summed E-state index contributed by atoms with van der Waals surface area (Å²) in [6.45, 7) is 2.07. The first-order valence-corrected chi connectivity index (χ1v) is 3.96. The third-order valence-electron chi connectivity index (χ3n) is 1.46. The van der Waals surface area contributed by atoms with Gasteiger partial charge in [0.1, 0.15) is 12.4 Å². The van der Waals surface area contributed by atoms with Crippen LogP contribution in [0.3, 0.4) is 0 Å². The highest BCUT2D eigenvalue weighted by Crippen LogP contribution is 2.16. The van der Waals surface area contributed by atoms with E-state index >= 15 is 0 Å². The summed E-state index contributed by atoms with van der Waals surface area (Å²) in [5, 5.41) is 0. The predicted molar refractivity (Wildman–Crippen MR) is 53.3 cm³/mol. The van der Waals surface area contributed by atoms with Crippen molar-refractivity contribution >= 4 is 0 Å². The maximum absolute atomic E-state index is 5.30. The molecule has 1 rings (SSSR count). The van der Waals surface area contributed by atoms with Gasteiger partial charge >= 0.3 is 0 Å². The quantitative estimate of drug-likeness (QED) is 0.617. The van der Waals surface area contributed by atoms with Crippen LogP contribution in [0.4, 0.5) is 0 Å². The highest BCUT2D eigenvalue weighted by atomic mass is 16.5. The molecule has 0 aliphatic heterocycles. The predicted octanol–water partition coefficient (Wildman–Crippen LogP) is 2.07. The molecule has 1 aromatic rings. The largest absolute Gasteiger partial charge is 0.480 e. The Hall–Kier alpha value is -1.86. The number of hydrogen-bond donors (Lipinski definition) is 0. The second kappa shape index (κ2) is 4.91. The third-order valence-corrected chi connectivity index (χ3v) is 1.46. The van der Waals surface area contributed by atoms with E-state index in [0.29, 0.717) is 0 Å². The Morgan fingerprint density at radius 1 is 1.38 bits per heavy atom. The summed E-state index contributed by atoms with van der Waals surface area (Å²) in [5.74, 6) is 8.92. The van der Waals surface area contributed by atoms with Crippen molar-refractivity contribution in [1.82, 2.24) is 0 Å². The van der Waals surface area contributed by atoms with Gasteiger partial charge in [0.15, 0.2) is 0 Å². The number of ether oxygens (including phenoxy) is 1. The second-order valence-corrected chi connectivity index (χ2v) is 2.36. The molecule has 1 aromatic carbocycles. The minimum atomic E-state index is 0.280. The summed E-state index contributed by atoms with van der Waals surface area (Å²) in [6, 6.07) is 7.58. The molecule has 0 radical (unpaired) electrons. The fourth-order valence-corrected chi connectivity index (χ4v) is 0.950. The van der Waals surface area contributed by atoms with Crippen LogP contribution < -0.4 is 4.74 Å². The van der Waals surface area contributed by atoms with Crippen LogP contribution in [0.15, 0.2) is 24.3 Å². The van der Waals surface area contributed by atoms with Gasteiger partial charge in [0.2, 0.25) is 0 Å². The summed E-state index contributed by atoms with van der Waals surface area (Å²) in [7, 11) is 0. The Kier molecular flexibility index (Phi) is 3.48. The van der Waals surface area contributed by atoms with Crippen LogP contribution in [0.25, 0.3) is 0 Å². The van der Waals surface area contributed by atoms with Crippen molar-refractivity contribution in [3.05, 3.63) is 29.8 Å². The molecule has 0 aliphatic carbocycles. The standard InChI is InChI=1S/C12H10O/c1-3-7-11-8-5-6-9-12(11)13-10-4-2/h2,5-6,8-9H,10H2,1H3. The van der Waals surface area contributed by atoms with Gasteiger partial charge in [-0.3, -0.25) is 0 Å². The van der Waals surface area contributed by atoms with Crippen molar-refractivity contribution in [2.45, 2.75) is 6.92 Å². The Balaban J connectivity index is 2.90. The van der Waals surface area contributed by atoms with Crippen molar-refractivity contribution in [2.24, 2.45) is 0 Å². The molecule has 0 bridgehead atoms. The van der Waals surface area contributed by atoms with E-state index in [-0.39, 0.29) is 6.61 Å². The average molecular weight is 170 g/mol. The van der Waals surface area contributed by atoms with Gasteiger partial charge in [-0.1, -0.05) is 24.0 Å². The number of para-hydroxylation sites is 1. The zero-order valence-corrected chi connectivity index (χ0v) is 7.50. The van der Waals surface area contributed by atoms with Gasteiger partial charge in [-0.05, 0) is 19.1 Å². The molecular weight excluding hydrogens is 160 g/mol. The first-order valence-electron chi connectivity index (χ1n) is 3.96. The molecule has 0 fully saturated rings. The molecule has 0 unspecified atom stereocenters. The smallest absolute Gasteiger partial charge is 0.148 e. The van der Waals surface area contributed by atoms with E-state index < -0.39 is 0 Å². The van der Waals surface area contributed by atoms with Crippen LogP contribution in [0.5, 0.6) is 5.75 Å². The Morgan fingerprint density at radius 3 is 2.85 bits per heavy atom. The van der Waals surface area contributed by atoms with Crippen molar-refractivity contribution in [3.8, 4) is 29.9 Å². The van der Waals surface area contributed by atoms with Crippen molar-refractivity contribution in [1.29, 1.82) is 0 Å². The van der Waals surface area contributed by atoms with E-state index in [1.807, 2.05) is 24.3 Å². The first kappa shape index (κ1) is 9.23. The molecule has 0 spiro atoms.